The molecule has 0 aromatic heterocycles. The zero-order valence-corrected chi connectivity index (χ0v) is 11.7. The van der Waals surface area contributed by atoms with Crippen molar-refractivity contribution in [3.63, 3.8) is 0 Å². The highest BCUT2D eigenvalue weighted by molar-refractivity contribution is 5.70. The van der Waals surface area contributed by atoms with Crippen LogP contribution in [-0.4, -0.2) is 17.6 Å². The number of carboxylic acid groups (broad SMARTS) is 1. The second kappa shape index (κ2) is 6.55. The predicted octanol–water partition coefficient (Wildman–Crippen LogP) is 2.81. The van der Waals surface area contributed by atoms with Gasteiger partial charge in [-0.25, -0.2) is 0 Å². The van der Waals surface area contributed by atoms with Crippen molar-refractivity contribution in [2.45, 2.75) is 40.7 Å². The van der Waals surface area contributed by atoms with Crippen LogP contribution in [0.25, 0.3) is 0 Å². The normalized spacial score (nSPS) is 12.4. The van der Waals surface area contributed by atoms with Crippen molar-refractivity contribution in [1.82, 2.24) is 5.32 Å². The van der Waals surface area contributed by atoms with Crippen LogP contribution in [0, 0.1) is 26.7 Å². The standard InChI is InChI=1S/C15H23NO2/c1-5-13(15(17)18)8-16-9-14-11(3)6-10(2)7-12(14)4/h6-7,13,16H,5,8-9H2,1-4H3,(H,17,18). The molecule has 0 aliphatic carbocycles. The van der Waals surface area contributed by atoms with E-state index in [1.165, 1.54) is 22.3 Å². The summed E-state index contributed by atoms with van der Waals surface area (Å²) in [5.41, 5.74) is 5.08. The predicted molar refractivity (Wildman–Crippen MR) is 73.8 cm³/mol. The van der Waals surface area contributed by atoms with Gasteiger partial charge in [0.1, 0.15) is 0 Å². The average Bonchev–Trinajstić information content (AvgIpc) is 2.26. The Bertz CT molecular complexity index is 403. The van der Waals surface area contributed by atoms with Gasteiger partial charge in [-0.15, -0.1) is 0 Å². The van der Waals surface area contributed by atoms with Gasteiger partial charge in [0, 0.05) is 13.1 Å². The summed E-state index contributed by atoms with van der Waals surface area (Å²) in [6.07, 6.45) is 0.661. The number of hydrogen-bond acceptors (Lipinski definition) is 2. The Morgan fingerprint density at radius 1 is 1.28 bits per heavy atom. The molecule has 0 amide bonds. The van der Waals surface area contributed by atoms with Gasteiger partial charge in [0.25, 0.3) is 0 Å². The first-order valence-electron chi connectivity index (χ1n) is 6.46. The Morgan fingerprint density at radius 3 is 2.28 bits per heavy atom. The highest BCUT2D eigenvalue weighted by Crippen LogP contribution is 2.16. The molecule has 0 heterocycles. The van der Waals surface area contributed by atoms with Crippen LogP contribution < -0.4 is 5.32 Å². The number of benzene rings is 1. The topological polar surface area (TPSA) is 49.3 Å². The third-order valence-corrected chi connectivity index (χ3v) is 3.37. The number of rotatable bonds is 6. The molecule has 0 aliphatic rings. The fourth-order valence-electron chi connectivity index (χ4n) is 2.27. The van der Waals surface area contributed by atoms with Crippen LogP contribution in [0.5, 0.6) is 0 Å². The molecule has 0 fully saturated rings. The third-order valence-electron chi connectivity index (χ3n) is 3.37. The number of nitrogens with one attached hydrogen (secondary N) is 1. The summed E-state index contributed by atoms with van der Waals surface area (Å²) < 4.78 is 0. The lowest BCUT2D eigenvalue weighted by atomic mass is 9.99. The SMILES string of the molecule is CCC(CNCc1c(C)cc(C)cc1C)C(=O)O. The molecule has 1 rings (SSSR count). The van der Waals surface area contributed by atoms with E-state index in [0.29, 0.717) is 13.0 Å². The van der Waals surface area contributed by atoms with Crippen LogP contribution in [-0.2, 0) is 11.3 Å². The molecule has 0 saturated heterocycles. The van der Waals surface area contributed by atoms with E-state index in [1.807, 2.05) is 6.92 Å². The molecule has 0 spiro atoms. The first-order valence-corrected chi connectivity index (χ1v) is 6.46. The minimum atomic E-state index is -0.720. The monoisotopic (exact) mass is 249 g/mol. The lowest BCUT2D eigenvalue weighted by Crippen LogP contribution is -2.28. The second-order valence-electron chi connectivity index (χ2n) is 4.95. The van der Waals surface area contributed by atoms with E-state index in [0.717, 1.165) is 6.54 Å². The molecule has 3 nitrogen and oxygen atoms in total. The molecule has 0 bridgehead atoms. The molecule has 100 valence electrons. The summed E-state index contributed by atoms with van der Waals surface area (Å²) in [4.78, 5) is 10.9. The van der Waals surface area contributed by atoms with Gasteiger partial charge in [-0.1, -0.05) is 24.6 Å². The smallest absolute Gasteiger partial charge is 0.307 e. The first-order chi connectivity index (χ1) is 8.45. The van der Waals surface area contributed by atoms with Crippen molar-refractivity contribution >= 4 is 5.97 Å². The summed E-state index contributed by atoms with van der Waals surface area (Å²) in [6, 6.07) is 4.33. The molecule has 0 radical (unpaired) electrons. The Balaban J connectivity index is 2.62. The number of carboxylic acids is 1. The Labute approximate surface area is 109 Å². The molecular formula is C15H23NO2. The third kappa shape index (κ3) is 3.84. The largest absolute Gasteiger partial charge is 0.481 e. The first kappa shape index (κ1) is 14.7. The molecule has 1 atom stereocenters. The number of hydrogen-bond donors (Lipinski definition) is 2. The van der Waals surface area contributed by atoms with Crippen molar-refractivity contribution in [2.24, 2.45) is 5.92 Å². The zero-order valence-electron chi connectivity index (χ0n) is 11.7. The van der Waals surface area contributed by atoms with Crippen molar-refractivity contribution in [2.75, 3.05) is 6.54 Å². The van der Waals surface area contributed by atoms with Gasteiger partial charge in [0.2, 0.25) is 0 Å². The van der Waals surface area contributed by atoms with Crippen molar-refractivity contribution < 1.29 is 9.90 Å². The van der Waals surface area contributed by atoms with E-state index in [1.54, 1.807) is 0 Å². The van der Waals surface area contributed by atoms with Crippen LogP contribution >= 0.6 is 0 Å². The van der Waals surface area contributed by atoms with Gasteiger partial charge in [-0.3, -0.25) is 4.79 Å². The highest BCUT2D eigenvalue weighted by atomic mass is 16.4. The molecule has 1 aromatic carbocycles. The molecule has 2 N–H and O–H groups in total. The lowest BCUT2D eigenvalue weighted by molar-refractivity contribution is -0.141. The quantitative estimate of drug-likeness (QED) is 0.815. The molecule has 18 heavy (non-hydrogen) atoms. The summed E-state index contributed by atoms with van der Waals surface area (Å²) in [6.45, 7) is 9.47. The molecule has 3 heteroatoms. The van der Waals surface area contributed by atoms with Crippen molar-refractivity contribution in [3.05, 3.63) is 34.4 Å². The maximum atomic E-state index is 10.9. The number of aliphatic carboxylic acids is 1. The maximum absolute atomic E-state index is 10.9. The molecular weight excluding hydrogens is 226 g/mol. The van der Waals surface area contributed by atoms with E-state index in [4.69, 9.17) is 5.11 Å². The Kier molecular flexibility index (Phi) is 5.35. The Morgan fingerprint density at radius 2 is 1.83 bits per heavy atom. The summed E-state index contributed by atoms with van der Waals surface area (Å²) in [5, 5.41) is 12.2. The van der Waals surface area contributed by atoms with Crippen LogP contribution in [0.15, 0.2) is 12.1 Å². The van der Waals surface area contributed by atoms with E-state index < -0.39 is 5.97 Å². The number of carbonyl (C=O) groups is 1. The van der Waals surface area contributed by atoms with E-state index in [9.17, 15) is 4.79 Å². The van der Waals surface area contributed by atoms with Crippen LogP contribution in [0.4, 0.5) is 0 Å². The highest BCUT2D eigenvalue weighted by Gasteiger charge is 2.14. The van der Waals surface area contributed by atoms with E-state index in [-0.39, 0.29) is 5.92 Å². The van der Waals surface area contributed by atoms with Crippen molar-refractivity contribution in [3.8, 4) is 0 Å². The summed E-state index contributed by atoms with van der Waals surface area (Å²) in [5.74, 6) is -1.02. The minimum absolute atomic E-state index is 0.295. The molecule has 0 aliphatic heterocycles. The van der Waals surface area contributed by atoms with Gasteiger partial charge in [0.05, 0.1) is 5.92 Å². The van der Waals surface area contributed by atoms with Crippen LogP contribution in [0.2, 0.25) is 0 Å². The summed E-state index contributed by atoms with van der Waals surface area (Å²) in [7, 11) is 0. The van der Waals surface area contributed by atoms with Gasteiger partial charge in [0.15, 0.2) is 0 Å². The maximum Gasteiger partial charge on any atom is 0.307 e. The van der Waals surface area contributed by atoms with E-state index >= 15 is 0 Å². The Hall–Kier alpha value is -1.35. The van der Waals surface area contributed by atoms with Gasteiger partial charge < -0.3 is 10.4 Å². The fourth-order valence-corrected chi connectivity index (χ4v) is 2.27. The van der Waals surface area contributed by atoms with Crippen LogP contribution in [0.3, 0.4) is 0 Å². The van der Waals surface area contributed by atoms with Gasteiger partial charge >= 0.3 is 5.97 Å². The minimum Gasteiger partial charge on any atom is -0.481 e. The van der Waals surface area contributed by atoms with Gasteiger partial charge in [-0.05, 0) is 43.9 Å². The van der Waals surface area contributed by atoms with E-state index in [2.05, 4.69) is 38.2 Å². The zero-order chi connectivity index (χ0) is 13.7. The molecule has 1 aromatic rings. The van der Waals surface area contributed by atoms with Gasteiger partial charge in [-0.2, -0.15) is 0 Å². The van der Waals surface area contributed by atoms with Crippen LogP contribution in [0.1, 0.15) is 35.6 Å². The molecule has 0 saturated carbocycles. The summed E-state index contributed by atoms with van der Waals surface area (Å²) >= 11 is 0. The van der Waals surface area contributed by atoms with Crippen molar-refractivity contribution in [1.29, 1.82) is 0 Å². The fraction of sp³-hybridized carbons (Fsp3) is 0.533. The lowest BCUT2D eigenvalue weighted by Gasteiger charge is -2.14. The second-order valence-corrected chi connectivity index (χ2v) is 4.95. The molecule has 1 unspecified atom stereocenters. The average molecular weight is 249 g/mol. The number of aryl methyl sites for hydroxylation is 3.